The van der Waals surface area contributed by atoms with Crippen molar-refractivity contribution in [2.24, 2.45) is 0 Å². The Labute approximate surface area is 79.3 Å². The molecule has 2 N–H and O–H groups in total. The minimum atomic E-state index is -1.85. The lowest BCUT2D eigenvalue weighted by Gasteiger charge is -2.04. The van der Waals surface area contributed by atoms with Crippen molar-refractivity contribution in [3.63, 3.8) is 0 Å². The second-order valence-electron chi connectivity index (χ2n) is 2.42. The van der Waals surface area contributed by atoms with Gasteiger partial charge in [-0.3, -0.25) is 10.1 Å². The number of nitro groups is 1. The standard InChI is InChI=1S/C6H7BN2O5/c1-14-6-5(7(10)11)2-4(3-8-6)9(12)13/h2-3,10-11H,1H3. The normalized spacial score (nSPS) is 9.64. The van der Waals surface area contributed by atoms with Crippen LogP contribution in [-0.4, -0.2) is 34.2 Å². The fourth-order valence-electron chi connectivity index (χ4n) is 0.913. The van der Waals surface area contributed by atoms with Gasteiger partial charge in [-0.2, -0.15) is 0 Å². The third-order valence-corrected chi connectivity index (χ3v) is 1.55. The van der Waals surface area contributed by atoms with E-state index in [0.29, 0.717) is 0 Å². The maximum Gasteiger partial charge on any atom is 0.494 e. The van der Waals surface area contributed by atoms with Gasteiger partial charge in [0.05, 0.1) is 17.5 Å². The highest BCUT2D eigenvalue weighted by Crippen LogP contribution is 2.11. The summed E-state index contributed by atoms with van der Waals surface area (Å²) in [5.41, 5.74) is -0.462. The van der Waals surface area contributed by atoms with Crippen molar-refractivity contribution >= 4 is 18.3 Å². The smallest absolute Gasteiger partial charge is 0.481 e. The molecule has 7 nitrogen and oxygen atoms in total. The van der Waals surface area contributed by atoms with Gasteiger partial charge in [0, 0.05) is 6.07 Å². The zero-order valence-electron chi connectivity index (χ0n) is 7.25. The van der Waals surface area contributed by atoms with Crippen LogP contribution in [0.3, 0.4) is 0 Å². The average Bonchev–Trinajstić information content (AvgIpc) is 2.16. The molecule has 0 amide bonds. The van der Waals surface area contributed by atoms with Gasteiger partial charge in [0.1, 0.15) is 6.20 Å². The molecule has 0 spiro atoms. The SMILES string of the molecule is COc1ncc([N+](=O)[O-])cc1B(O)O. The lowest BCUT2D eigenvalue weighted by atomic mass is 9.81. The Morgan fingerprint density at radius 2 is 2.29 bits per heavy atom. The van der Waals surface area contributed by atoms with Gasteiger partial charge >= 0.3 is 7.12 Å². The number of rotatable bonds is 3. The Morgan fingerprint density at radius 1 is 1.64 bits per heavy atom. The molecule has 1 aromatic rings. The fraction of sp³-hybridized carbons (Fsp3) is 0.167. The summed E-state index contributed by atoms with van der Waals surface area (Å²) in [5, 5.41) is 28.0. The predicted octanol–water partition coefficient (Wildman–Crippen LogP) is -1.32. The predicted molar refractivity (Wildman–Crippen MR) is 47.3 cm³/mol. The first-order valence-electron chi connectivity index (χ1n) is 3.60. The molecule has 0 fully saturated rings. The summed E-state index contributed by atoms with van der Waals surface area (Å²) in [4.78, 5) is 13.2. The van der Waals surface area contributed by atoms with Gasteiger partial charge in [-0.05, 0) is 0 Å². The van der Waals surface area contributed by atoms with E-state index in [0.717, 1.165) is 12.3 Å². The Hall–Kier alpha value is -1.67. The molecule has 14 heavy (non-hydrogen) atoms. The molecule has 0 saturated carbocycles. The van der Waals surface area contributed by atoms with E-state index in [9.17, 15) is 10.1 Å². The summed E-state index contributed by atoms with van der Waals surface area (Å²) in [5.74, 6) is -0.0504. The number of ether oxygens (including phenoxy) is 1. The molecule has 0 bridgehead atoms. The van der Waals surface area contributed by atoms with E-state index in [4.69, 9.17) is 10.0 Å². The molecule has 0 aromatic carbocycles. The van der Waals surface area contributed by atoms with Crippen LogP contribution >= 0.6 is 0 Å². The average molecular weight is 198 g/mol. The Bertz CT molecular complexity index is 356. The first-order chi connectivity index (χ1) is 6.56. The summed E-state index contributed by atoms with van der Waals surface area (Å²) in [6.45, 7) is 0. The van der Waals surface area contributed by atoms with Crippen LogP contribution in [0.1, 0.15) is 0 Å². The molecule has 0 aliphatic rings. The second kappa shape index (κ2) is 4.03. The van der Waals surface area contributed by atoms with E-state index >= 15 is 0 Å². The number of pyridine rings is 1. The number of nitrogens with zero attached hydrogens (tertiary/aromatic N) is 2. The minimum Gasteiger partial charge on any atom is -0.481 e. The summed E-state index contributed by atoms with van der Waals surface area (Å²) >= 11 is 0. The molecule has 0 saturated heterocycles. The van der Waals surface area contributed by atoms with Gasteiger partial charge in [-0.1, -0.05) is 0 Å². The molecule has 8 heteroatoms. The topological polar surface area (TPSA) is 106 Å². The highest BCUT2D eigenvalue weighted by Gasteiger charge is 2.21. The van der Waals surface area contributed by atoms with Crippen LogP contribution < -0.4 is 10.2 Å². The third-order valence-electron chi connectivity index (χ3n) is 1.55. The van der Waals surface area contributed by atoms with E-state index in [1.54, 1.807) is 0 Å². The van der Waals surface area contributed by atoms with Crippen molar-refractivity contribution in [1.82, 2.24) is 4.98 Å². The molecular formula is C6H7BN2O5. The van der Waals surface area contributed by atoms with Gasteiger partial charge in [-0.15, -0.1) is 0 Å². The summed E-state index contributed by atoms with van der Waals surface area (Å²) in [6.07, 6.45) is 0.977. The molecule has 74 valence electrons. The number of aromatic nitrogens is 1. The van der Waals surface area contributed by atoms with E-state index in [1.807, 2.05) is 0 Å². The molecule has 0 aliphatic carbocycles. The number of hydrogen-bond donors (Lipinski definition) is 2. The van der Waals surface area contributed by atoms with E-state index in [1.165, 1.54) is 7.11 Å². The molecule has 0 aliphatic heterocycles. The lowest BCUT2D eigenvalue weighted by molar-refractivity contribution is -0.385. The monoisotopic (exact) mass is 198 g/mol. The highest BCUT2D eigenvalue weighted by molar-refractivity contribution is 6.59. The lowest BCUT2D eigenvalue weighted by Crippen LogP contribution is -2.32. The molecule has 0 atom stereocenters. The van der Waals surface area contributed by atoms with Crippen LogP contribution in [-0.2, 0) is 0 Å². The number of hydrogen-bond acceptors (Lipinski definition) is 6. The van der Waals surface area contributed by atoms with Crippen LogP contribution in [0.4, 0.5) is 5.69 Å². The van der Waals surface area contributed by atoms with E-state index in [2.05, 4.69) is 9.72 Å². The minimum absolute atomic E-state index is 0.0504. The summed E-state index contributed by atoms with van der Waals surface area (Å²) in [6, 6.07) is 0.997. The Kier molecular flexibility index (Phi) is 3.00. The van der Waals surface area contributed by atoms with Gasteiger partial charge in [-0.25, -0.2) is 4.98 Å². The maximum atomic E-state index is 10.3. The zero-order valence-corrected chi connectivity index (χ0v) is 7.25. The van der Waals surface area contributed by atoms with Gasteiger partial charge in [0.2, 0.25) is 5.88 Å². The molecule has 0 unspecified atom stereocenters. The van der Waals surface area contributed by atoms with Crippen LogP contribution in [0, 0.1) is 10.1 Å². The second-order valence-corrected chi connectivity index (χ2v) is 2.42. The van der Waals surface area contributed by atoms with Crippen LogP contribution in [0.25, 0.3) is 0 Å². The van der Waals surface area contributed by atoms with Crippen LogP contribution in [0.5, 0.6) is 5.88 Å². The third kappa shape index (κ3) is 1.98. The zero-order chi connectivity index (χ0) is 10.7. The quantitative estimate of drug-likeness (QED) is 0.354. The molecule has 1 rings (SSSR count). The number of methoxy groups -OCH3 is 1. The van der Waals surface area contributed by atoms with Crippen LogP contribution in [0.2, 0.25) is 0 Å². The van der Waals surface area contributed by atoms with Crippen molar-refractivity contribution in [2.45, 2.75) is 0 Å². The first-order valence-corrected chi connectivity index (χ1v) is 3.60. The van der Waals surface area contributed by atoms with Gasteiger partial charge in [0.25, 0.3) is 5.69 Å². The van der Waals surface area contributed by atoms with E-state index < -0.39 is 12.0 Å². The highest BCUT2D eigenvalue weighted by atomic mass is 16.6. The maximum absolute atomic E-state index is 10.3. The Morgan fingerprint density at radius 3 is 2.71 bits per heavy atom. The Balaban J connectivity index is 3.20. The van der Waals surface area contributed by atoms with Crippen LogP contribution in [0.15, 0.2) is 12.3 Å². The van der Waals surface area contributed by atoms with Crippen molar-refractivity contribution in [3.8, 4) is 5.88 Å². The van der Waals surface area contributed by atoms with Gasteiger partial charge in [0.15, 0.2) is 0 Å². The van der Waals surface area contributed by atoms with Crippen molar-refractivity contribution in [1.29, 1.82) is 0 Å². The summed E-state index contributed by atoms with van der Waals surface area (Å²) in [7, 11) is -0.572. The molecule has 0 radical (unpaired) electrons. The van der Waals surface area contributed by atoms with Crippen molar-refractivity contribution in [3.05, 3.63) is 22.4 Å². The summed E-state index contributed by atoms with van der Waals surface area (Å²) < 4.78 is 4.69. The first kappa shape index (κ1) is 10.4. The van der Waals surface area contributed by atoms with Crippen molar-refractivity contribution < 1.29 is 19.7 Å². The molecular weight excluding hydrogens is 191 g/mol. The van der Waals surface area contributed by atoms with Gasteiger partial charge < -0.3 is 14.8 Å². The molecule has 1 heterocycles. The van der Waals surface area contributed by atoms with Crippen molar-refractivity contribution in [2.75, 3.05) is 7.11 Å². The van der Waals surface area contributed by atoms with E-state index in [-0.39, 0.29) is 17.0 Å². The molecule has 1 aromatic heterocycles. The fourth-order valence-corrected chi connectivity index (χ4v) is 0.913. The largest absolute Gasteiger partial charge is 0.494 e.